The van der Waals surface area contributed by atoms with Gasteiger partial charge in [0.15, 0.2) is 0 Å². The number of hydrogen-bond donors (Lipinski definition) is 3. The number of carbonyl (C=O) groups excluding carboxylic acids is 1. The summed E-state index contributed by atoms with van der Waals surface area (Å²) in [5, 5.41) is 6.92. The van der Waals surface area contributed by atoms with E-state index in [1.165, 1.54) is 0 Å². The van der Waals surface area contributed by atoms with Crippen LogP contribution in [0.3, 0.4) is 0 Å². The second-order valence-electron chi connectivity index (χ2n) is 6.29. The van der Waals surface area contributed by atoms with E-state index in [1.54, 1.807) is 0 Å². The van der Waals surface area contributed by atoms with Crippen LogP contribution in [0.1, 0.15) is 47.5 Å². The first-order valence-electron chi connectivity index (χ1n) is 5.96. The van der Waals surface area contributed by atoms with Gasteiger partial charge in [-0.05, 0) is 47.5 Å². The first-order chi connectivity index (χ1) is 7.11. The molecule has 1 heterocycles. The molecule has 0 saturated carbocycles. The Kier molecular flexibility index (Phi) is 3.65. The Hall–Kier alpha value is -0.610. The van der Waals surface area contributed by atoms with E-state index in [-0.39, 0.29) is 23.0 Å². The third kappa shape index (κ3) is 3.76. The average molecular weight is 227 g/mol. The molecule has 1 unspecified atom stereocenters. The minimum atomic E-state index is -0.283. The molecule has 0 aromatic carbocycles. The molecule has 1 amide bonds. The maximum absolute atomic E-state index is 11.0. The first-order valence-corrected chi connectivity index (χ1v) is 5.96. The van der Waals surface area contributed by atoms with Gasteiger partial charge in [0.2, 0.25) is 5.91 Å². The highest BCUT2D eigenvalue weighted by atomic mass is 16.1. The van der Waals surface area contributed by atoms with Crippen molar-refractivity contribution in [1.29, 1.82) is 0 Å². The fraction of sp³-hybridized carbons (Fsp3) is 0.917. The van der Waals surface area contributed by atoms with E-state index in [9.17, 15) is 4.79 Å². The Morgan fingerprint density at radius 2 is 1.75 bits per heavy atom. The normalized spacial score (nSPS) is 26.3. The summed E-state index contributed by atoms with van der Waals surface area (Å²) >= 11 is 0. The van der Waals surface area contributed by atoms with Crippen molar-refractivity contribution >= 4 is 5.91 Å². The molecular weight excluding hydrogens is 202 g/mol. The van der Waals surface area contributed by atoms with E-state index in [1.807, 2.05) is 6.92 Å². The van der Waals surface area contributed by atoms with Crippen LogP contribution in [0.25, 0.3) is 0 Å². The standard InChI is InChI=1S/C12H25N3O/c1-8(10(13)16)14-9-6-11(2,3)15-12(4,5)7-9/h8-9,14-15H,6-7H2,1-5H3,(H2,13,16). The van der Waals surface area contributed by atoms with Crippen LogP contribution in [0.5, 0.6) is 0 Å². The fourth-order valence-corrected chi connectivity index (χ4v) is 2.88. The quantitative estimate of drug-likeness (QED) is 0.667. The lowest BCUT2D eigenvalue weighted by molar-refractivity contribution is -0.120. The van der Waals surface area contributed by atoms with Gasteiger partial charge in [-0.3, -0.25) is 4.79 Å². The largest absolute Gasteiger partial charge is 0.368 e. The summed E-state index contributed by atoms with van der Waals surface area (Å²) in [5.41, 5.74) is 5.46. The number of nitrogens with two attached hydrogens (primary N) is 1. The summed E-state index contributed by atoms with van der Waals surface area (Å²) in [5.74, 6) is -0.283. The van der Waals surface area contributed by atoms with Gasteiger partial charge in [0.05, 0.1) is 6.04 Å². The summed E-state index contributed by atoms with van der Waals surface area (Å²) in [6.07, 6.45) is 2.02. The Bertz CT molecular complexity index is 257. The van der Waals surface area contributed by atoms with Crippen LogP contribution in [0.15, 0.2) is 0 Å². The SMILES string of the molecule is CC(NC1CC(C)(C)NC(C)(C)C1)C(N)=O. The van der Waals surface area contributed by atoms with Gasteiger partial charge < -0.3 is 16.4 Å². The minimum absolute atomic E-state index is 0.0940. The van der Waals surface area contributed by atoms with Crippen molar-refractivity contribution in [2.24, 2.45) is 5.73 Å². The molecule has 1 aliphatic rings. The first kappa shape index (κ1) is 13.5. The molecular formula is C12H25N3O. The molecule has 0 spiro atoms. The molecule has 0 aromatic rings. The molecule has 94 valence electrons. The maximum atomic E-state index is 11.0. The number of primary amides is 1. The average Bonchev–Trinajstić information content (AvgIpc) is 1.96. The van der Waals surface area contributed by atoms with Crippen molar-refractivity contribution in [3.63, 3.8) is 0 Å². The molecule has 0 aliphatic carbocycles. The lowest BCUT2D eigenvalue weighted by Crippen LogP contribution is -2.63. The molecule has 1 aliphatic heterocycles. The molecule has 16 heavy (non-hydrogen) atoms. The van der Waals surface area contributed by atoms with Crippen LogP contribution in [-0.2, 0) is 4.79 Å². The van der Waals surface area contributed by atoms with Gasteiger partial charge >= 0.3 is 0 Å². The second-order valence-corrected chi connectivity index (χ2v) is 6.29. The molecule has 0 aromatic heterocycles. The third-order valence-electron chi connectivity index (χ3n) is 3.10. The Balaban J connectivity index is 2.64. The topological polar surface area (TPSA) is 67.2 Å². The van der Waals surface area contributed by atoms with E-state index < -0.39 is 0 Å². The zero-order chi connectivity index (χ0) is 12.6. The second kappa shape index (κ2) is 4.34. The van der Waals surface area contributed by atoms with Crippen LogP contribution in [-0.4, -0.2) is 29.1 Å². The van der Waals surface area contributed by atoms with Crippen molar-refractivity contribution in [2.45, 2.75) is 70.6 Å². The number of amides is 1. The predicted molar refractivity (Wildman–Crippen MR) is 66.1 cm³/mol. The molecule has 0 radical (unpaired) electrons. The number of nitrogens with one attached hydrogen (secondary N) is 2. The van der Waals surface area contributed by atoms with Gasteiger partial charge in [0, 0.05) is 17.1 Å². The summed E-state index contributed by atoms with van der Waals surface area (Å²) in [7, 11) is 0. The van der Waals surface area contributed by atoms with Crippen LogP contribution >= 0.6 is 0 Å². The van der Waals surface area contributed by atoms with Crippen molar-refractivity contribution in [3.8, 4) is 0 Å². The molecule has 1 fully saturated rings. The third-order valence-corrected chi connectivity index (χ3v) is 3.10. The van der Waals surface area contributed by atoms with Crippen molar-refractivity contribution in [3.05, 3.63) is 0 Å². The van der Waals surface area contributed by atoms with Gasteiger partial charge in [-0.2, -0.15) is 0 Å². The maximum Gasteiger partial charge on any atom is 0.234 e. The van der Waals surface area contributed by atoms with E-state index in [4.69, 9.17) is 5.73 Å². The molecule has 1 atom stereocenters. The minimum Gasteiger partial charge on any atom is -0.368 e. The molecule has 4 heteroatoms. The van der Waals surface area contributed by atoms with Gasteiger partial charge in [-0.1, -0.05) is 0 Å². The Morgan fingerprint density at radius 1 is 1.31 bits per heavy atom. The molecule has 1 rings (SSSR count). The van der Waals surface area contributed by atoms with E-state index >= 15 is 0 Å². The summed E-state index contributed by atoms with van der Waals surface area (Å²) in [4.78, 5) is 11.0. The predicted octanol–water partition coefficient (Wildman–Crippen LogP) is 0.759. The highest BCUT2D eigenvalue weighted by Gasteiger charge is 2.38. The highest BCUT2D eigenvalue weighted by Crippen LogP contribution is 2.28. The number of piperidine rings is 1. The molecule has 4 nitrogen and oxygen atoms in total. The van der Waals surface area contributed by atoms with Crippen molar-refractivity contribution in [2.75, 3.05) is 0 Å². The van der Waals surface area contributed by atoms with Crippen LogP contribution in [0, 0.1) is 0 Å². The number of hydrogen-bond acceptors (Lipinski definition) is 3. The highest BCUT2D eigenvalue weighted by molar-refractivity contribution is 5.79. The fourth-order valence-electron chi connectivity index (χ4n) is 2.88. The van der Waals surface area contributed by atoms with Crippen LogP contribution in [0.4, 0.5) is 0 Å². The van der Waals surface area contributed by atoms with Crippen LogP contribution in [0.2, 0.25) is 0 Å². The van der Waals surface area contributed by atoms with Crippen molar-refractivity contribution in [1.82, 2.24) is 10.6 Å². The van der Waals surface area contributed by atoms with Crippen LogP contribution < -0.4 is 16.4 Å². The summed E-state index contributed by atoms with van der Waals surface area (Å²) < 4.78 is 0. The van der Waals surface area contributed by atoms with Gasteiger partial charge in [-0.15, -0.1) is 0 Å². The molecule has 4 N–H and O–H groups in total. The molecule has 0 bridgehead atoms. The number of rotatable bonds is 3. The van der Waals surface area contributed by atoms with Gasteiger partial charge in [0.1, 0.15) is 0 Å². The summed E-state index contributed by atoms with van der Waals surface area (Å²) in [6, 6.07) is 0.0865. The Morgan fingerprint density at radius 3 is 2.12 bits per heavy atom. The van der Waals surface area contributed by atoms with E-state index in [2.05, 4.69) is 38.3 Å². The van der Waals surface area contributed by atoms with E-state index in [0.717, 1.165) is 12.8 Å². The smallest absolute Gasteiger partial charge is 0.234 e. The summed E-state index contributed by atoms with van der Waals surface area (Å²) in [6.45, 7) is 10.6. The lowest BCUT2D eigenvalue weighted by Gasteiger charge is -2.47. The Labute approximate surface area is 98.3 Å². The molecule has 1 saturated heterocycles. The monoisotopic (exact) mass is 227 g/mol. The van der Waals surface area contributed by atoms with Crippen molar-refractivity contribution < 1.29 is 4.79 Å². The van der Waals surface area contributed by atoms with Gasteiger partial charge in [0.25, 0.3) is 0 Å². The zero-order valence-electron chi connectivity index (χ0n) is 11.1. The van der Waals surface area contributed by atoms with Gasteiger partial charge in [-0.25, -0.2) is 0 Å². The lowest BCUT2D eigenvalue weighted by atomic mass is 9.79. The van der Waals surface area contributed by atoms with E-state index in [0.29, 0.717) is 6.04 Å². The number of carbonyl (C=O) groups is 1. The zero-order valence-corrected chi connectivity index (χ0v) is 11.1.